The van der Waals surface area contributed by atoms with Crippen molar-refractivity contribution in [1.82, 2.24) is 4.90 Å². The number of alkyl halides is 1. The molecule has 1 heterocycles. The van der Waals surface area contributed by atoms with E-state index in [1.165, 1.54) is 0 Å². The third-order valence-corrected chi connectivity index (χ3v) is 3.72. The molecule has 0 aliphatic carbocycles. The minimum atomic E-state index is 0.0215. The van der Waals surface area contributed by atoms with Crippen LogP contribution >= 0.6 is 22.9 Å². The van der Waals surface area contributed by atoms with E-state index >= 15 is 0 Å². The van der Waals surface area contributed by atoms with Crippen molar-refractivity contribution in [2.24, 2.45) is 0 Å². The summed E-state index contributed by atoms with van der Waals surface area (Å²) in [5.74, 6) is 0.447. The Morgan fingerprint density at radius 1 is 1.33 bits per heavy atom. The normalized spacial score (nSPS) is 10.3. The average molecular weight is 280 g/mol. The molecule has 0 fully saturated rings. The molecule has 0 unspecified atom stereocenters. The van der Waals surface area contributed by atoms with Gasteiger partial charge in [-0.05, 0) is 40.1 Å². The summed E-state index contributed by atoms with van der Waals surface area (Å²) >= 11 is 7.41. The van der Waals surface area contributed by atoms with Crippen LogP contribution in [0.1, 0.15) is 21.5 Å². The molecule has 0 N–H and O–H groups in total. The first kappa shape index (κ1) is 13.1. The second-order valence-corrected chi connectivity index (χ2v) is 5.17. The van der Waals surface area contributed by atoms with Gasteiger partial charge in [-0.25, -0.2) is 0 Å². The van der Waals surface area contributed by atoms with E-state index in [-0.39, 0.29) is 5.91 Å². The summed E-state index contributed by atoms with van der Waals surface area (Å²) < 4.78 is 0. The van der Waals surface area contributed by atoms with Crippen LogP contribution in [0.5, 0.6) is 0 Å². The number of carbonyl (C=O) groups excluding carboxylic acids is 1. The fourth-order valence-corrected chi connectivity index (χ4v) is 2.56. The van der Waals surface area contributed by atoms with Crippen LogP contribution < -0.4 is 0 Å². The summed E-state index contributed by atoms with van der Waals surface area (Å²) in [5.41, 5.74) is 2.81. The number of amides is 1. The summed E-state index contributed by atoms with van der Waals surface area (Å²) in [5, 5.41) is 4.07. The highest BCUT2D eigenvalue weighted by atomic mass is 35.5. The van der Waals surface area contributed by atoms with Gasteiger partial charge in [0.1, 0.15) is 0 Å². The Morgan fingerprint density at radius 2 is 2.17 bits per heavy atom. The van der Waals surface area contributed by atoms with Gasteiger partial charge < -0.3 is 4.90 Å². The molecule has 1 amide bonds. The lowest BCUT2D eigenvalue weighted by Gasteiger charge is -2.16. The zero-order valence-corrected chi connectivity index (χ0v) is 11.7. The van der Waals surface area contributed by atoms with E-state index in [1.807, 2.05) is 42.8 Å². The number of nitrogens with zero attached hydrogens (tertiary/aromatic N) is 1. The van der Waals surface area contributed by atoms with Crippen LogP contribution in [0.25, 0.3) is 0 Å². The summed E-state index contributed by atoms with van der Waals surface area (Å²) in [6.45, 7) is 0.632. The summed E-state index contributed by atoms with van der Waals surface area (Å²) in [6, 6.07) is 9.48. The van der Waals surface area contributed by atoms with Crippen molar-refractivity contribution in [2.45, 2.75) is 12.4 Å². The maximum atomic E-state index is 12.2. The van der Waals surface area contributed by atoms with E-state index in [2.05, 4.69) is 5.38 Å². The van der Waals surface area contributed by atoms with Crippen LogP contribution in [0.15, 0.2) is 41.1 Å². The van der Waals surface area contributed by atoms with E-state index < -0.39 is 0 Å². The molecule has 1 aromatic carbocycles. The smallest absolute Gasteiger partial charge is 0.253 e. The first-order valence-electron chi connectivity index (χ1n) is 5.62. The van der Waals surface area contributed by atoms with Gasteiger partial charge in [-0.2, -0.15) is 11.3 Å². The van der Waals surface area contributed by atoms with E-state index in [1.54, 1.807) is 16.2 Å². The molecule has 0 saturated carbocycles. The fourth-order valence-electron chi connectivity index (χ4n) is 1.74. The highest BCUT2D eigenvalue weighted by molar-refractivity contribution is 7.07. The molecule has 2 nitrogen and oxygen atoms in total. The van der Waals surface area contributed by atoms with Crippen molar-refractivity contribution >= 4 is 28.8 Å². The lowest BCUT2D eigenvalue weighted by atomic mass is 10.1. The molecule has 4 heteroatoms. The molecule has 2 rings (SSSR count). The average Bonchev–Trinajstić information content (AvgIpc) is 2.90. The number of rotatable bonds is 4. The zero-order chi connectivity index (χ0) is 13.0. The molecule has 0 radical (unpaired) electrons. The van der Waals surface area contributed by atoms with Crippen LogP contribution in [-0.2, 0) is 12.4 Å². The van der Waals surface area contributed by atoms with Crippen molar-refractivity contribution in [3.05, 3.63) is 57.8 Å². The fraction of sp³-hybridized carbons (Fsp3) is 0.214. The maximum Gasteiger partial charge on any atom is 0.253 e. The zero-order valence-electron chi connectivity index (χ0n) is 10.1. The molecule has 0 aliphatic heterocycles. The lowest BCUT2D eigenvalue weighted by molar-refractivity contribution is 0.0785. The first-order chi connectivity index (χ1) is 8.70. The molecular formula is C14H14ClNOS. The molecule has 18 heavy (non-hydrogen) atoms. The van der Waals surface area contributed by atoms with Gasteiger partial charge in [0.05, 0.1) is 0 Å². The predicted molar refractivity (Wildman–Crippen MR) is 76.1 cm³/mol. The second-order valence-electron chi connectivity index (χ2n) is 4.13. The van der Waals surface area contributed by atoms with Gasteiger partial charge in [0.15, 0.2) is 0 Å². The molecule has 0 aliphatic rings. The van der Waals surface area contributed by atoms with Gasteiger partial charge in [0, 0.05) is 25.0 Å². The minimum Gasteiger partial charge on any atom is -0.337 e. The van der Waals surface area contributed by atoms with Gasteiger partial charge in [-0.1, -0.05) is 12.1 Å². The molecule has 0 spiro atoms. The molecule has 0 bridgehead atoms. The van der Waals surface area contributed by atoms with Crippen LogP contribution in [-0.4, -0.2) is 17.9 Å². The lowest BCUT2D eigenvalue weighted by Crippen LogP contribution is -2.26. The Kier molecular flexibility index (Phi) is 4.39. The Balaban J connectivity index is 2.10. The molecule has 0 saturated heterocycles. The first-order valence-corrected chi connectivity index (χ1v) is 7.10. The van der Waals surface area contributed by atoms with E-state index in [9.17, 15) is 4.79 Å². The topological polar surface area (TPSA) is 20.3 Å². The van der Waals surface area contributed by atoms with Crippen molar-refractivity contribution in [3.63, 3.8) is 0 Å². The van der Waals surface area contributed by atoms with Crippen molar-refractivity contribution in [3.8, 4) is 0 Å². The van der Waals surface area contributed by atoms with E-state index in [4.69, 9.17) is 11.6 Å². The Bertz CT molecular complexity index is 524. The number of thiophene rings is 1. The van der Waals surface area contributed by atoms with Crippen LogP contribution in [0.3, 0.4) is 0 Å². The van der Waals surface area contributed by atoms with Crippen LogP contribution in [0, 0.1) is 0 Å². The SMILES string of the molecule is CN(Cc1ccsc1)C(=O)c1cccc(CCl)c1. The Morgan fingerprint density at radius 3 is 2.83 bits per heavy atom. The van der Waals surface area contributed by atoms with Gasteiger partial charge in [0.2, 0.25) is 0 Å². The Hall–Kier alpha value is -1.32. The van der Waals surface area contributed by atoms with Crippen LogP contribution in [0.4, 0.5) is 0 Å². The van der Waals surface area contributed by atoms with Crippen molar-refractivity contribution < 1.29 is 4.79 Å². The van der Waals surface area contributed by atoms with E-state index in [0.717, 1.165) is 11.1 Å². The second kappa shape index (κ2) is 6.03. The summed E-state index contributed by atoms with van der Waals surface area (Å²) in [7, 11) is 1.81. The number of halogens is 1. The molecule has 1 aromatic heterocycles. The Labute approximate surface area is 116 Å². The minimum absolute atomic E-state index is 0.0215. The molecule has 2 aromatic rings. The van der Waals surface area contributed by atoms with Crippen molar-refractivity contribution in [2.75, 3.05) is 7.05 Å². The monoisotopic (exact) mass is 279 g/mol. The van der Waals surface area contributed by atoms with Gasteiger partial charge in [-0.3, -0.25) is 4.79 Å². The number of carbonyl (C=O) groups is 1. The quantitative estimate of drug-likeness (QED) is 0.781. The summed E-state index contributed by atoms with van der Waals surface area (Å²) in [4.78, 5) is 13.9. The standard InChI is InChI=1S/C14H14ClNOS/c1-16(9-12-5-6-18-10-12)14(17)13-4-2-3-11(7-13)8-15/h2-7,10H,8-9H2,1H3. The molecule has 0 atom stereocenters. The maximum absolute atomic E-state index is 12.2. The summed E-state index contributed by atoms with van der Waals surface area (Å²) in [6.07, 6.45) is 0. The highest BCUT2D eigenvalue weighted by Gasteiger charge is 2.12. The number of hydrogen-bond acceptors (Lipinski definition) is 2. The van der Waals surface area contributed by atoms with Crippen molar-refractivity contribution in [1.29, 1.82) is 0 Å². The highest BCUT2D eigenvalue weighted by Crippen LogP contribution is 2.13. The predicted octanol–water partition coefficient (Wildman–Crippen LogP) is 3.76. The molecular weight excluding hydrogens is 266 g/mol. The molecule has 94 valence electrons. The van der Waals surface area contributed by atoms with Crippen LogP contribution in [0.2, 0.25) is 0 Å². The van der Waals surface area contributed by atoms with Gasteiger partial charge in [-0.15, -0.1) is 11.6 Å². The number of hydrogen-bond donors (Lipinski definition) is 0. The van der Waals surface area contributed by atoms with E-state index in [0.29, 0.717) is 18.0 Å². The van der Waals surface area contributed by atoms with Gasteiger partial charge in [0.25, 0.3) is 5.91 Å². The number of benzene rings is 1. The third-order valence-electron chi connectivity index (χ3n) is 2.67. The van der Waals surface area contributed by atoms with Gasteiger partial charge >= 0.3 is 0 Å². The third kappa shape index (κ3) is 3.12. The largest absolute Gasteiger partial charge is 0.337 e.